The topological polar surface area (TPSA) is 76.9 Å². The molecule has 3 aromatic rings. The van der Waals surface area contributed by atoms with Crippen LogP contribution < -0.4 is 10.9 Å². The van der Waals surface area contributed by atoms with E-state index in [1.54, 1.807) is 30.1 Å². The highest BCUT2D eigenvalue weighted by Gasteiger charge is 2.29. The Morgan fingerprint density at radius 1 is 1.19 bits per heavy atom. The number of amides is 1. The van der Waals surface area contributed by atoms with Crippen LogP contribution in [0.4, 0.5) is 5.82 Å². The lowest BCUT2D eigenvalue weighted by Crippen LogP contribution is -2.20. The van der Waals surface area contributed by atoms with E-state index in [0.29, 0.717) is 11.4 Å². The van der Waals surface area contributed by atoms with E-state index in [0.717, 1.165) is 47.0 Å². The van der Waals surface area contributed by atoms with Crippen LogP contribution in [0.2, 0.25) is 0 Å². The molecule has 0 atom stereocenters. The summed E-state index contributed by atoms with van der Waals surface area (Å²) < 4.78 is 1.60. The first-order valence-corrected chi connectivity index (χ1v) is 9.24. The third-order valence-corrected chi connectivity index (χ3v) is 5.13. The number of aromatic nitrogens is 3. The van der Waals surface area contributed by atoms with Crippen LogP contribution in [0.5, 0.6) is 0 Å². The van der Waals surface area contributed by atoms with Gasteiger partial charge in [0.05, 0.1) is 5.52 Å². The van der Waals surface area contributed by atoms with Crippen molar-refractivity contribution in [1.29, 1.82) is 0 Å². The normalized spacial score (nSPS) is 13.7. The smallest absolute Gasteiger partial charge is 0.258 e. The molecule has 1 fully saturated rings. The number of hydrogen-bond donors (Lipinski definition) is 1. The molecule has 6 heteroatoms. The molecule has 138 valence electrons. The molecule has 1 saturated carbocycles. The fourth-order valence-electron chi connectivity index (χ4n) is 3.29. The van der Waals surface area contributed by atoms with Gasteiger partial charge in [0.15, 0.2) is 0 Å². The molecular weight excluding hydrogens is 340 g/mol. The van der Waals surface area contributed by atoms with Crippen molar-refractivity contribution in [3.63, 3.8) is 0 Å². The zero-order valence-electron chi connectivity index (χ0n) is 15.7. The van der Waals surface area contributed by atoms with E-state index in [-0.39, 0.29) is 17.4 Å². The zero-order valence-corrected chi connectivity index (χ0v) is 15.7. The van der Waals surface area contributed by atoms with Crippen molar-refractivity contribution in [3.05, 3.63) is 52.2 Å². The van der Waals surface area contributed by atoms with E-state index >= 15 is 0 Å². The average Bonchev–Trinajstić information content (AvgIpc) is 3.50. The van der Waals surface area contributed by atoms with Gasteiger partial charge in [-0.15, -0.1) is 0 Å². The average molecular weight is 362 g/mol. The van der Waals surface area contributed by atoms with Gasteiger partial charge in [0.25, 0.3) is 5.56 Å². The SMILES string of the molecule is CCc1cc(C)c(-c2cc3cnc(NC(=O)C4CC4)cc3n(C)c2=O)cn1. The van der Waals surface area contributed by atoms with Crippen LogP contribution in [-0.4, -0.2) is 20.4 Å². The summed E-state index contributed by atoms with van der Waals surface area (Å²) >= 11 is 0. The minimum Gasteiger partial charge on any atom is -0.311 e. The summed E-state index contributed by atoms with van der Waals surface area (Å²) in [7, 11) is 1.74. The van der Waals surface area contributed by atoms with Gasteiger partial charge in [-0.05, 0) is 43.9 Å². The first-order valence-electron chi connectivity index (χ1n) is 9.24. The molecule has 0 spiro atoms. The molecule has 3 heterocycles. The minimum absolute atomic E-state index is 0.00110. The maximum atomic E-state index is 13.0. The molecule has 3 aromatic heterocycles. The number of nitrogens with one attached hydrogen (secondary N) is 1. The third kappa shape index (κ3) is 3.23. The molecule has 1 aliphatic rings. The van der Waals surface area contributed by atoms with Crippen molar-refractivity contribution >= 4 is 22.6 Å². The Bertz CT molecular complexity index is 1110. The predicted molar refractivity (Wildman–Crippen MR) is 106 cm³/mol. The van der Waals surface area contributed by atoms with E-state index in [9.17, 15) is 9.59 Å². The number of aryl methyl sites for hydroxylation is 3. The summed E-state index contributed by atoms with van der Waals surface area (Å²) in [4.78, 5) is 33.7. The number of pyridine rings is 3. The molecule has 6 nitrogen and oxygen atoms in total. The first-order chi connectivity index (χ1) is 13.0. The van der Waals surface area contributed by atoms with Crippen LogP contribution in [-0.2, 0) is 18.3 Å². The van der Waals surface area contributed by atoms with E-state index in [1.807, 2.05) is 19.1 Å². The van der Waals surface area contributed by atoms with Crippen LogP contribution in [0.25, 0.3) is 22.0 Å². The van der Waals surface area contributed by atoms with Crippen LogP contribution >= 0.6 is 0 Å². The number of carbonyl (C=O) groups is 1. The summed E-state index contributed by atoms with van der Waals surface area (Å²) in [6.45, 7) is 4.05. The number of rotatable bonds is 4. The first kappa shape index (κ1) is 17.4. The Hall–Kier alpha value is -3.02. The van der Waals surface area contributed by atoms with Gasteiger partial charge in [0.2, 0.25) is 5.91 Å². The van der Waals surface area contributed by atoms with Gasteiger partial charge in [-0.25, -0.2) is 4.98 Å². The number of nitrogens with zero attached hydrogens (tertiary/aromatic N) is 3. The molecule has 0 bridgehead atoms. The van der Waals surface area contributed by atoms with Crippen molar-refractivity contribution in [2.24, 2.45) is 13.0 Å². The van der Waals surface area contributed by atoms with E-state index in [2.05, 4.69) is 22.2 Å². The van der Waals surface area contributed by atoms with Gasteiger partial charge >= 0.3 is 0 Å². The van der Waals surface area contributed by atoms with Crippen molar-refractivity contribution in [1.82, 2.24) is 14.5 Å². The van der Waals surface area contributed by atoms with Crippen molar-refractivity contribution in [2.75, 3.05) is 5.32 Å². The molecule has 27 heavy (non-hydrogen) atoms. The molecule has 1 N–H and O–H groups in total. The zero-order chi connectivity index (χ0) is 19.1. The lowest BCUT2D eigenvalue weighted by molar-refractivity contribution is -0.117. The summed E-state index contributed by atoms with van der Waals surface area (Å²) in [6, 6.07) is 5.63. The molecule has 1 amide bonds. The highest BCUT2D eigenvalue weighted by atomic mass is 16.2. The molecule has 0 aliphatic heterocycles. The second kappa shape index (κ2) is 6.61. The lowest BCUT2D eigenvalue weighted by atomic mass is 10.0. The highest BCUT2D eigenvalue weighted by Crippen LogP contribution is 2.30. The molecule has 0 radical (unpaired) electrons. The van der Waals surface area contributed by atoms with Gasteiger partial charge in [-0.3, -0.25) is 14.6 Å². The molecule has 0 aromatic carbocycles. The molecule has 0 saturated heterocycles. The maximum absolute atomic E-state index is 13.0. The Morgan fingerprint density at radius 2 is 1.96 bits per heavy atom. The Balaban J connectivity index is 1.79. The predicted octanol–water partition coefficient (Wildman–Crippen LogP) is 3.21. The minimum atomic E-state index is -0.0951. The highest BCUT2D eigenvalue weighted by molar-refractivity contribution is 5.95. The standard InChI is InChI=1S/C21H22N4O2/c1-4-15-7-12(2)17(11-22-15)16-8-14-10-23-19(24-20(26)13-5-6-13)9-18(14)25(3)21(16)27/h7-11,13H,4-6H2,1-3H3,(H,23,24,26). The summed E-state index contributed by atoms with van der Waals surface area (Å²) in [6.07, 6.45) is 6.20. The van der Waals surface area contributed by atoms with Gasteiger partial charge in [0.1, 0.15) is 5.82 Å². The summed E-state index contributed by atoms with van der Waals surface area (Å²) in [5, 5.41) is 3.68. The molecular formula is C21H22N4O2. The Morgan fingerprint density at radius 3 is 2.63 bits per heavy atom. The van der Waals surface area contributed by atoms with Crippen LogP contribution in [0.15, 0.2) is 35.4 Å². The summed E-state index contributed by atoms with van der Waals surface area (Å²) in [5.74, 6) is 0.587. The van der Waals surface area contributed by atoms with Gasteiger partial charge < -0.3 is 9.88 Å². The van der Waals surface area contributed by atoms with E-state index in [4.69, 9.17) is 0 Å². The Labute approximate surface area is 157 Å². The second-order valence-electron chi connectivity index (χ2n) is 7.16. The number of carbonyl (C=O) groups excluding carboxylic acids is 1. The Kier molecular flexibility index (Phi) is 4.26. The van der Waals surface area contributed by atoms with Crippen molar-refractivity contribution in [2.45, 2.75) is 33.1 Å². The largest absolute Gasteiger partial charge is 0.311 e. The monoisotopic (exact) mass is 362 g/mol. The van der Waals surface area contributed by atoms with Crippen LogP contribution in [0, 0.1) is 12.8 Å². The van der Waals surface area contributed by atoms with Gasteiger partial charge in [0, 0.05) is 53.6 Å². The van der Waals surface area contributed by atoms with E-state index < -0.39 is 0 Å². The fourth-order valence-corrected chi connectivity index (χ4v) is 3.29. The number of hydrogen-bond acceptors (Lipinski definition) is 4. The van der Waals surface area contributed by atoms with Crippen LogP contribution in [0.3, 0.4) is 0 Å². The second-order valence-corrected chi connectivity index (χ2v) is 7.16. The van der Waals surface area contributed by atoms with Crippen LogP contribution in [0.1, 0.15) is 31.0 Å². The number of anilines is 1. The maximum Gasteiger partial charge on any atom is 0.258 e. The quantitative estimate of drug-likeness (QED) is 0.773. The molecule has 4 rings (SSSR count). The van der Waals surface area contributed by atoms with Crippen molar-refractivity contribution in [3.8, 4) is 11.1 Å². The molecule has 0 unspecified atom stereocenters. The van der Waals surface area contributed by atoms with Gasteiger partial charge in [-0.1, -0.05) is 6.92 Å². The third-order valence-electron chi connectivity index (χ3n) is 5.13. The van der Waals surface area contributed by atoms with Crippen molar-refractivity contribution < 1.29 is 4.79 Å². The lowest BCUT2D eigenvalue weighted by Gasteiger charge is -2.12. The summed E-state index contributed by atoms with van der Waals surface area (Å²) in [5.41, 5.74) is 4.11. The fraction of sp³-hybridized carbons (Fsp3) is 0.333. The van der Waals surface area contributed by atoms with Gasteiger partial charge in [-0.2, -0.15) is 0 Å². The van der Waals surface area contributed by atoms with E-state index in [1.165, 1.54) is 0 Å². The molecule has 1 aliphatic carbocycles. The number of fused-ring (bicyclic) bond motifs is 1.